The van der Waals surface area contributed by atoms with Crippen LogP contribution in [0.3, 0.4) is 0 Å². The maximum Gasteiger partial charge on any atom is 0.171 e. The number of hydrogen-bond donors (Lipinski definition) is 0. The first kappa shape index (κ1) is 10.6. The van der Waals surface area contributed by atoms with Gasteiger partial charge in [0.25, 0.3) is 0 Å². The summed E-state index contributed by atoms with van der Waals surface area (Å²) in [6, 6.07) is 3.81. The molecule has 0 aromatic carbocycles. The highest BCUT2D eigenvalue weighted by molar-refractivity contribution is 6.21. The average molecular weight is 227 g/mol. The summed E-state index contributed by atoms with van der Waals surface area (Å²) in [5.74, 6) is 1.73. The van der Waals surface area contributed by atoms with E-state index in [-0.39, 0.29) is 5.38 Å². The van der Waals surface area contributed by atoms with Gasteiger partial charge in [0.2, 0.25) is 0 Å². The van der Waals surface area contributed by atoms with E-state index in [1.54, 1.807) is 13.3 Å². The van der Waals surface area contributed by atoms with Crippen molar-refractivity contribution in [2.75, 3.05) is 25.1 Å². The molecule has 2 heterocycles. The quantitative estimate of drug-likeness (QED) is 0.724. The fourth-order valence-electron chi connectivity index (χ4n) is 1.90. The molecule has 1 fully saturated rings. The van der Waals surface area contributed by atoms with Crippen molar-refractivity contribution in [3.05, 3.63) is 18.3 Å². The number of methoxy groups -OCH3 is 1. The molecule has 0 spiro atoms. The van der Waals surface area contributed by atoms with E-state index in [4.69, 9.17) is 16.3 Å². The lowest BCUT2D eigenvalue weighted by atomic mass is 10.1. The van der Waals surface area contributed by atoms with Gasteiger partial charge in [-0.1, -0.05) is 0 Å². The van der Waals surface area contributed by atoms with E-state index in [9.17, 15) is 0 Å². The molecule has 0 bridgehead atoms. The summed E-state index contributed by atoms with van der Waals surface area (Å²) in [5.41, 5.74) is 0. The highest BCUT2D eigenvalue weighted by Crippen LogP contribution is 2.28. The third-order valence-electron chi connectivity index (χ3n) is 2.63. The number of nitrogens with zero attached hydrogens (tertiary/aromatic N) is 2. The van der Waals surface area contributed by atoms with Gasteiger partial charge in [-0.05, 0) is 25.0 Å². The first-order valence-electron chi connectivity index (χ1n) is 5.19. The zero-order valence-electron chi connectivity index (χ0n) is 8.82. The molecule has 1 unspecified atom stereocenters. The van der Waals surface area contributed by atoms with Gasteiger partial charge in [0.05, 0.1) is 12.5 Å². The van der Waals surface area contributed by atoms with Gasteiger partial charge in [-0.25, -0.2) is 4.98 Å². The van der Waals surface area contributed by atoms with Crippen LogP contribution in [0.25, 0.3) is 0 Å². The van der Waals surface area contributed by atoms with E-state index in [2.05, 4.69) is 9.88 Å². The second-order valence-electron chi connectivity index (χ2n) is 3.71. The van der Waals surface area contributed by atoms with Crippen LogP contribution >= 0.6 is 11.6 Å². The molecule has 1 aromatic heterocycles. The highest BCUT2D eigenvalue weighted by atomic mass is 35.5. The number of halogens is 1. The monoisotopic (exact) mass is 226 g/mol. The number of rotatable bonds is 2. The number of piperidine rings is 1. The van der Waals surface area contributed by atoms with Crippen LogP contribution in [0.2, 0.25) is 0 Å². The van der Waals surface area contributed by atoms with Crippen molar-refractivity contribution in [2.24, 2.45) is 0 Å². The summed E-state index contributed by atoms with van der Waals surface area (Å²) in [7, 11) is 1.67. The molecule has 15 heavy (non-hydrogen) atoms. The van der Waals surface area contributed by atoms with Gasteiger partial charge in [0.15, 0.2) is 11.6 Å². The van der Waals surface area contributed by atoms with Crippen LogP contribution in [0.15, 0.2) is 18.3 Å². The first-order chi connectivity index (χ1) is 7.31. The zero-order chi connectivity index (χ0) is 10.7. The van der Waals surface area contributed by atoms with Gasteiger partial charge < -0.3 is 9.64 Å². The van der Waals surface area contributed by atoms with Crippen LogP contribution in [-0.2, 0) is 0 Å². The van der Waals surface area contributed by atoms with Crippen LogP contribution in [0.5, 0.6) is 5.75 Å². The molecule has 1 aliphatic rings. The number of anilines is 1. The second kappa shape index (κ2) is 4.71. The van der Waals surface area contributed by atoms with E-state index in [0.29, 0.717) is 0 Å². The van der Waals surface area contributed by atoms with Gasteiger partial charge >= 0.3 is 0 Å². The Morgan fingerprint density at radius 2 is 2.47 bits per heavy atom. The largest absolute Gasteiger partial charge is 0.493 e. The van der Waals surface area contributed by atoms with Gasteiger partial charge in [0.1, 0.15) is 0 Å². The van der Waals surface area contributed by atoms with Crippen molar-refractivity contribution >= 4 is 17.4 Å². The van der Waals surface area contributed by atoms with Gasteiger partial charge in [-0.3, -0.25) is 0 Å². The van der Waals surface area contributed by atoms with Crippen molar-refractivity contribution in [1.82, 2.24) is 4.98 Å². The van der Waals surface area contributed by atoms with Crippen LogP contribution in [0.1, 0.15) is 12.8 Å². The van der Waals surface area contributed by atoms with Crippen LogP contribution in [-0.4, -0.2) is 30.6 Å². The maximum atomic E-state index is 6.15. The molecule has 0 aliphatic carbocycles. The van der Waals surface area contributed by atoms with Crippen molar-refractivity contribution in [3.8, 4) is 5.75 Å². The van der Waals surface area contributed by atoms with Crippen LogP contribution in [0, 0.1) is 0 Å². The fraction of sp³-hybridized carbons (Fsp3) is 0.545. The van der Waals surface area contributed by atoms with Crippen molar-refractivity contribution in [2.45, 2.75) is 18.2 Å². The molecule has 82 valence electrons. The maximum absolute atomic E-state index is 6.15. The van der Waals surface area contributed by atoms with E-state index in [1.807, 2.05) is 12.1 Å². The van der Waals surface area contributed by atoms with Crippen molar-refractivity contribution < 1.29 is 4.74 Å². The summed E-state index contributed by atoms with van der Waals surface area (Å²) >= 11 is 6.15. The van der Waals surface area contributed by atoms with E-state index in [0.717, 1.165) is 37.5 Å². The lowest BCUT2D eigenvalue weighted by Gasteiger charge is -2.31. The van der Waals surface area contributed by atoms with Crippen molar-refractivity contribution in [1.29, 1.82) is 0 Å². The Morgan fingerprint density at radius 1 is 1.60 bits per heavy atom. The van der Waals surface area contributed by atoms with E-state index >= 15 is 0 Å². The third-order valence-corrected chi connectivity index (χ3v) is 2.99. The van der Waals surface area contributed by atoms with Gasteiger partial charge in [0, 0.05) is 19.3 Å². The number of aromatic nitrogens is 1. The molecule has 0 N–H and O–H groups in total. The SMILES string of the molecule is COc1cccnc1N1CCCC(Cl)C1. The minimum atomic E-state index is 0.227. The Labute approximate surface area is 95.0 Å². The van der Waals surface area contributed by atoms with E-state index in [1.165, 1.54) is 0 Å². The lowest BCUT2D eigenvalue weighted by Crippen LogP contribution is -2.36. The smallest absolute Gasteiger partial charge is 0.171 e. The Morgan fingerprint density at radius 3 is 3.20 bits per heavy atom. The fourth-order valence-corrected chi connectivity index (χ4v) is 2.22. The standard InChI is InChI=1S/C11H15ClN2O/c1-15-10-5-2-6-13-11(10)14-7-3-4-9(12)8-14/h2,5-6,9H,3-4,7-8H2,1H3. The average Bonchev–Trinajstić information content (AvgIpc) is 2.29. The Hall–Kier alpha value is -0.960. The second-order valence-corrected chi connectivity index (χ2v) is 4.33. The highest BCUT2D eigenvalue weighted by Gasteiger charge is 2.21. The minimum Gasteiger partial charge on any atom is -0.493 e. The Bertz CT molecular complexity index is 332. The Balaban J connectivity index is 2.20. The van der Waals surface area contributed by atoms with Crippen LogP contribution in [0.4, 0.5) is 5.82 Å². The normalized spacial score (nSPS) is 21.5. The number of pyridine rings is 1. The number of hydrogen-bond acceptors (Lipinski definition) is 3. The lowest BCUT2D eigenvalue weighted by molar-refractivity contribution is 0.410. The summed E-state index contributed by atoms with van der Waals surface area (Å²) in [4.78, 5) is 6.54. The summed E-state index contributed by atoms with van der Waals surface area (Å²) < 4.78 is 5.29. The van der Waals surface area contributed by atoms with E-state index < -0.39 is 0 Å². The Kier molecular flexibility index (Phi) is 3.31. The third kappa shape index (κ3) is 2.34. The van der Waals surface area contributed by atoms with Gasteiger partial charge in [-0.2, -0.15) is 0 Å². The minimum absolute atomic E-state index is 0.227. The molecule has 1 aromatic rings. The molecule has 3 nitrogen and oxygen atoms in total. The summed E-state index contributed by atoms with van der Waals surface area (Å²) in [6.45, 7) is 1.87. The molecule has 0 radical (unpaired) electrons. The molecular formula is C11H15ClN2O. The molecular weight excluding hydrogens is 212 g/mol. The molecule has 0 amide bonds. The first-order valence-corrected chi connectivity index (χ1v) is 5.63. The summed E-state index contributed by atoms with van der Waals surface area (Å²) in [5, 5.41) is 0.227. The topological polar surface area (TPSA) is 25.4 Å². The molecule has 2 rings (SSSR count). The predicted octanol–water partition coefficient (Wildman–Crippen LogP) is 2.30. The molecule has 4 heteroatoms. The molecule has 1 aliphatic heterocycles. The van der Waals surface area contributed by atoms with Gasteiger partial charge in [-0.15, -0.1) is 11.6 Å². The predicted molar refractivity (Wildman–Crippen MR) is 61.9 cm³/mol. The van der Waals surface area contributed by atoms with Crippen LogP contribution < -0.4 is 9.64 Å². The number of alkyl halides is 1. The summed E-state index contributed by atoms with van der Waals surface area (Å²) in [6.07, 6.45) is 4.00. The molecule has 1 saturated heterocycles. The molecule has 0 saturated carbocycles. The zero-order valence-corrected chi connectivity index (χ0v) is 9.57. The molecule has 1 atom stereocenters. The van der Waals surface area contributed by atoms with Crippen molar-refractivity contribution in [3.63, 3.8) is 0 Å². The number of ether oxygens (including phenoxy) is 1.